The highest BCUT2D eigenvalue weighted by Gasteiger charge is 2.19. The van der Waals surface area contributed by atoms with E-state index in [0.29, 0.717) is 51.5 Å². The van der Waals surface area contributed by atoms with Crippen molar-refractivity contribution in [3.05, 3.63) is 53.7 Å². The summed E-state index contributed by atoms with van der Waals surface area (Å²) in [7, 11) is 3.24. The first-order valence-electron chi connectivity index (χ1n) is 9.66. The molecule has 2 amide bonds. The largest absolute Gasteiger partial charge is 0.446 e. The molecule has 0 fully saturated rings. The van der Waals surface area contributed by atoms with Crippen LogP contribution in [0.15, 0.2) is 41.0 Å². The Morgan fingerprint density at radius 3 is 2.55 bits per heavy atom. The number of carbonyl (C=O) groups excluding carboxylic acids is 2. The molecule has 8 heteroatoms. The van der Waals surface area contributed by atoms with Gasteiger partial charge in [-0.2, -0.15) is 0 Å². The van der Waals surface area contributed by atoms with Crippen LogP contribution in [0, 0.1) is 0 Å². The van der Waals surface area contributed by atoms with Crippen LogP contribution in [0.2, 0.25) is 0 Å². The van der Waals surface area contributed by atoms with Crippen molar-refractivity contribution in [3.63, 3.8) is 0 Å². The maximum absolute atomic E-state index is 12.8. The number of methoxy groups -OCH3 is 2. The third-order valence-electron chi connectivity index (χ3n) is 4.25. The van der Waals surface area contributed by atoms with E-state index in [1.807, 2.05) is 30.3 Å². The van der Waals surface area contributed by atoms with Gasteiger partial charge in [0.25, 0.3) is 5.91 Å². The minimum absolute atomic E-state index is 0.0314. The SMILES string of the molecule is COCCCNC(=O)c1coc(CN(CCCOC)C(=O)Cc2ccccc2)n1. The summed E-state index contributed by atoms with van der Waals surface area (Å²) < 4.78 is 15.5. The van der Waals surface area contributed by atoms with Crippen molar-refractivity contribution in [2.75, 3.05) is 40.5 Å². The molecule has 2 rings (SSSR count). The quantitative estimate of drug-likeness (QED) is 0.515. The minimum atomic E-state index is -0.308. The summed E-state index contributed by atoms with van der Waals surface area (Å²) in [5, 5.41) is 2.76. The van der Waals surface area contributed by atoms with Gasteiger partial charge in [0.05, 0.1) is 13.0 Å². The lowest BCUT2D eigenvalue weighted by Gasteiger charge is -2.21. The van der Waals surface area contributed by atoms with Gasteiger partial charge >= 0.3 is 0 Å². The van der Waals surface area contributed by atoms with Gasteiger partial charge in [-0.15, -0.1) is 0 Å². The molecular weight excluding hydrogens is 374 g/mol. The molecule has 8 nitrogen and oxygen atoms in total. The van der Waals surface area contributed by atoms with Gasteiger partial charge in [0, 0.05) is 40.5 Å². The molecule has 1 aromatic heterocycles. The average Bonchev–Trinajstić information content (AvgIpc) is 3.20. The van der Waals surface area contributed by atoms with Crippen molar-refractivity contribution in [3.8, 4) is 0 Å². The number of ether oxygens (including phenoxy) is 2. The zero-order valence-electron chi connectivity index (χ0n) is 17.1. The summed E-state index contributed by atoms with van der Waals surface area (Å²) in [6.45, 7) is 2.33. The highest BCUT2D eigenvalue weighted by atomic mass is 16.5. The van der Waals surface area contributed by atoms with Crippen LogP contribution in [0.5, 0.6) is 0 Å². The number of nitrogens with zero attached hydrogens (tertiary/aromatic N) is 2. The van der Waals surface area contributed by atoms with E-state index in [1.54, 1.807) is 19.1 Å². The monoisotopic (exact) mass is 403 g/mol. The number of hydrogen-bond donors (Lipinski definition) is 1. The molecular formula is C21H29N3O5. The summed E-state index contributed by atoms with van der Waals surface area (Å²) in [6.07, 6.45) is 3.02. The fourth-order valence-corrected chi connectivity index (χ4v) is 2.73. The first-order chi connectivity index (χ1) is 14.1. The fourth-order valence-electron chi connectivity index (χ4n) is 2.73. The molecule has 0 atom stereocenters. The fraction of sp³-hybridized carbons (Fsp3) is 0.476. The maximum atomic E-state index is 12.8. The molecule has 1 heterocycles. The van der Waals surface area contributed by atoms with Crippen LogP contribution in [0.4, 0.5) is 0 Å². The Morgan fingerprint density at radius 1 is 1.10 bits per heavy atom. The van der Waals surface area contributed by atoms with E-state index in [2.05, 4.69) is 10.3 Å². The molecule has 2 aromatic rings. The van der Waals surface area contributed by atoms with Crippen molar-refractivity contribution in [1.82, 2.24) is 15.2 Å². The molecule has 0 saturated carbocycles. The number of benzene rings is 1. The second-order valence-electron chi connectivity index (χ2n) is 6.55. The first kappa shape index (κ1) is 22.6. The number of hydrogen-bond acceptors (Lipinski definition) is 6. The summed E-state index contributed by atoms with van der Waals surface area (Å²) >= 11 is 0. The Morgan fingerprint density at radius 2 is 1.83 bits per heavy atom. The summed E-state index contributed by atoms with van der Waals surface area (Å²) in [6, 6.07) is 9.57. The second kappa shape index (κ2) is 12.7. The third kappa shape index (κ3) is 8.05. The van der Waals surface area contributed by atoms with E-state index < -0.39 is 0 Å². The standard InChI is InChI=1S/C21H29N3O5/c1-27-12-6-10-22-21(26)18-16-29-19(23-18)15-24(11-7-13-28-2)20(25)14-17-8-4-3-5-9-17/h3-5,8-9,16H,6-7,10-15H2,1-2H3,(H,22,26). The highest BCUT2D eigenvalue weighted by Crippen LogP contribution is 2.10. The van der Waals surface area contributed by atoms with E-state index in [0.717, 1.165) is 5.56 Å². The van der Waals surface area contributed by atoms with Gasteiger partial charge in [-0.3, -0.25) is 9.59 Å². The number of aromatic nitrogens is 1. The Labute approximate surface area is 171 Å². The molecule has 0 saturated heterocycles. The van der Waals surface area contributed by atoms with Crippen molar-refractivity contribution < 1.29 is 23.5 Å². The molecule has 0 spiro atoms. The van der Waals surface area contributed by atoms with Crippen LogP contribution in [-0.2, 0) is 27.2 Å². The van der Waals surface area contributed by atoms with Gasteiger partial charge in [-0.05, 0) is 18.4 Å². The van der Waals surface area contributed by atoms with E-state index in [4.69, 9.17) is 13.9 Å². The number of carbonyl (C=O) groups is 2. The Balaban J connectivity index is 1.96. The van der Waals surface area contributed by atoms with Gasteiger partial charge < -0.3 is 24.1 Å². The average molecular weight is 403 g/mol. The zero-order chi connectivity index (χ0) is 20.9. The summed E-state index contributed by atoms with van der Waals surface area (Å²) in [4.78, 5) is 30.8. The number of nitrogens with one attached hydrogen (secondary N) is 1. The lowest BCUT2D eigenvalue weighted by Crippen LogP contribution is -2.33. The molecule has 0 unspecified atom stereocenters. The Bertz CT molecular complexity index is 748. The third-order valence-corrected chi connectivity index (χ3v) is 4.25. The minimum Gasteiger partial charge on any atom is -0.446 e. The molecule has 0 aliphatic carbocycles. The van der Waals surface area contributed by atoms with Gasteiger partial charge in [0.15, 0.2) is 5.69 Å². The smallest absolute Gasteiger partial charge is 0.273 e. The van der Waals surface area contributed by atoms with E-state index in [1.165, 1.54) is 6.26 Å². The molecule has 1 aromatic carbocycles. The van der Waals surface area contributed by atoms with Crippen molar-refractivity contribution in [2.24, 2.45) is 0 Å². The maximum Gasteiger partial charge on any atom is 0.273 e. The summed E-state index contributed by atoms with van der Waals surface area (Å²) in [5.41, 5.74) is 1.14. The van der Waals surface area contributed by atoms with Gasteiger partial charge in [-0.1, -0.05) is 30.3 Å². The van der Waals surface area contributed by atoms with Gasteiger partial charge in [0.1, 0.15) is 6.26 Å². The molecule has 0 radical (unpaired) electrons. The molecule has 0 aliphatic heterocycles. The van der Waals surface area contributed by atoms with Crippen molar-refractivity contribution in [2.45, 2.75) is 25.8 Å². The highest BCUT2D eigenvalue weighted by molar-refractivity contribution is 5.91. The first-order valence-corrected chi connectivity index (χ1v) is 9.66. The van der Waals surface area contributed by atoms with Crippen molar-refractivity contribution >= 4 is 11.8 Å². The molecule has 0 bridgehead atoms. The normalized spacial score (nSPS) is 10.7. The number of oxazole rings is 1. The number of amides is 2. The van der Waals surface area contributed by atoms with Crippen LogP contribution >= 0.6 is 0 Å². The topological polar surface area (TPSA) is 93.9 Å². The van der Waals surface area contributed by atoms with Crippen molar-refractivity contribution in [1.29, 1.82) is 0 Å². The van der Waals surface area contributed by atoms with Gasteiger partial charge in [0.2, 0.25) is 11.8 Å². The predicted molar refractivity (Wildman–Crippen MR) is 107 cm³/mol. The molecule has 29 heavy (non-hydrogen) atoms. The van der Waals surface area contributed by atoms with Crippen LogP contribution in [-0.4, -0.2) is 62.2 Å². The molecule has 1 N–H and O–H groups in total. The molecule has 0 aliphatic rings. The Hall–Kier alpha value is -2.71. The van der Waals surface area contributed by atoms with Gasteiger partial charge in [-0.25, -0.2) is 4.98 Å². The van der Waals surface area contributed by atoms with Crippen LogP contribution < -0.4 is 5.32 Å². The van der Waals surface area contributed by atoms with E-state index in [-0.39, 0.29) is 24.1 Å². The predicted octanol–water partition coefficient (Wildman–Crippen LogP) is 2.05. The van der Waals surface area contributed by atoms with E-state index >= 15 is 0 Å². The second-order valence-corrected chi connectivity index (χ2v) is 6.55. The zero-order valence-corrected chi connectivity index (χ0v) is 17.1. The lowest BCUT2D eigenvalue weighted by molar-refractivity contribution is -0.131. The Kier molecular flexibility index (Phi) is 9.88. The van der Waals surface area contributed by atoms with E-state index in [9.17, 15) is 9.59 Å². The number of rotatable bonds is 13. The molecule has 158 valence electrons. The van der Waals surface area contributed by atoms with Crippen LogP contribution in [0.1, 0.15) is 34.8 Å². The van der Waals surface area contributed by atoms with Crippen LogP contribution in [0.25, 0.3) is 0 Å². The lowest BCUT2D eigenvalue weighted by atomic mass is 10.1. The summed E-state index contributed by atoms with van der Waals surface area (Å²) in [5.74, 6) is -0.0143. The van der Waals surface area contributed by atoms with Crippen LogP contribution in [0.3, 0.4) is 0 Å².